The number of carbonyl (C=O) groups is 3. The van der Waals surface area contributed by atoms with Crippen molar-refractivity contribution >= 4 is 30.3 Å². The van der Waals surface area contributed by atoms with Crippen molar-refractivity contribution in [1.29, 1.82) is 0 Å². The fourth-order valence-electron chi connectivity index (χ4n) is 4.84. The fraction of sp³-hybridized carbons (Fsp3) is 0.619. The predicted molar refractivity (Wildman–Crippen MR) is 114 cm³/mol. The third-order valence-corrected chi connectivity index (χ3v) is 6.71. The van der Waals surface area contributed by atoms with Crippen LogP contribution in [0.5, 0.6) is 0 Å². The average Bonchev–Trinajstić information content (AvgIpc) is 2.99. The van der Waals surface area contributed by atoms with E-state index >= 15 is 0 Å². The maximum Gasteiger partial charge on any atom is 0.325 e. The Morgan fingerprint density at radius 2 is 2.07 bits per heavy atom. The van der Waals surface area contributed by atoms with E-state index in [1.165, 1.54) is 0 Å². The monoisotopic (exact) mass is 435 g/mol. The quantitative estimate of drug-likeness (QED) is 0.704. The van der Waals surface area contributed by atoms with Gasteiger partial charge in [-0.15, -0.1) is 12.4 Å². The number of imide groups is 1. The van der Waals surface area contributed by atoms with Crippen molar-refractivity contribution in [3.63, 3.8) is 0 Å². The molecular formula is C21H30ClN5O3. The number of hydrogen-bond acceptors (Lipinski definition) is 5. The minimum atomic E-state index is -0.810. The highest BCUT2D eigenvalue weighted by Crippen LogP contribution is 2.37. The largest absolute Gasteiger partial charge is 0.331 e. The molecule has 164 valence electrons. The van der Waals surface area contributed by atoms with Gasteiger partial charge in [0.15, 0.2) is 0 Å². The number of hydrogen-bond donors (Lipinski definition) is 2. The maximum absolute atomic E-state index is 13.1. The summed E-state index contributed by atoms with van der Waals surface area (Å²) in [5.41, 5.74) is 0.134. The van der Waals surface area contributed by atoms with Crippen LogP contribution in [0.1, 0.15) is 50.6 Å². The van der Waals surface area contributed by atoms with Gasteiger partial charge >= 0.3 is 6.03 Å². The van der Waals surface area contributed by atoms with E-state index in [0.717, 1.165) is 29.7 Å². The summed E-state index contributed by atoms with van der Waals surface area (Å²) in [7, 11) is 0. The van der Waals surface area contributed by atoms with Gasteiger partial charge < -0.3 is 15.5 Å². The minimum absolute atomic E-state index is 0. The summed E-state index contributed by atoms with van der Waals surface area (Å²) in [6.07, 6.45) is 7.74. The first-order chi connectivity index (χ1) is 14.0. The number of rotatable bonds is 4. The molecule has 0 bridgehead atoms. The number of nitrogens with zero attached hydrogens (tertiary/aromatic N) is 3. The molecule has 3 heterocycles. The number of carbonyl (C=O) groups excluding carboxylic acids is 3. The Morgan fingerprint density at radius 1 is 1.30 bits per heavy atom. The molecule has 1 saturated carbocycles. The van der Waals surface area contributed by atoms with Crippen LogP contribution < -0.4 is 10.6 Å². The molecule has 30 heavy (non-hydrogen) atoms. The van der Waals surface area contributed by atoms with Crippen LogP contribution in [-0.2, 0) is 9.59 Å². The Morgan fingerprint density at radius 3 is 2.73 bits per heavy atom. The highest BCUT2D eigenvalue weighted by molar-refractivity contribution is 6.09. The molecule has 4 amide bonds. The number of piperazine rings is 1. The molecule has 1 atom stereocenters. The van der Waals surface area contributed by atoms with Crippen LogP contribution in [0.4, 0.5) is 4.79 Å². The van der Waals surface area contributed by atoms with Gasteiger partial charge in [0.2, 0.25) is 5.91 Å². The van der Waals surface area contributed by atoms with Crippen LogP contribution in [0, 0.1) is 5.92 Å². The molecule has 2 aliphatic heterocycles. The first-order valence-electron chi connectivity index (χ1n) is 10.6. The normalized spacial score (nSPS) is 29.0. The highest BCUT2D eigenvalue weighted by Gasteiger charge is 2.53. The lowest BCUT2D eigenvalue weighted by atomic mass is 9.75. The predicted octanol–water partition coefficient (Wildman–Crippen LogP) is 1.87. The van der Waals surface area contributed by atoms with Crippen LogP contribution >= 0.6 is 12.4 Å². The number of pyridine rings is 1. The van der Waals surface area contributed by atoms with Gasteiger partial charge in [0, 0.05) is 32.0 Å². The zero-order valence-electron chi connectivity index (χ0n) is 17.3. The Kier molecular flexibility index (Phi) is 6.98. The van der Waals surface area contributed by atoms with E-state index in [0.29, 0.717) is 38.4 Å². The molecule has 3 aliphatic rings. The molecule has 3 fully saturated rings. The lowest BCUT2D eigenvalue weighted by molar-refractivity contribution is -0.141. The number of urea groups is 1. The summed E-state index contributed by atoms with van der Waals surface area (Å²) in [6, 6.07) is 3.20. The van der Waals surface area contributed by atoms with Crippen molar-refractivity contribution in [1.82, 2.24) is 25.4 Å². The zero-order valence-corrected chi connectivity index (χ0v) is 18.1. The van der Waals surface area contributed by atoms with Gasteiger partial charge in [-0.05, 0) is 43.2 Å². The third-order valence-electron chi connectivity index (χ3n) is 6.71. The molecule has 1 aliphatic carbocycles. The Hall–Kier alpha value is -2.19. The lowest BCUT2D eigenvalue weighted by Gasteiger charge is -2.37. The second kappa shape index (κ2) is 9.31. The van der Waals surface area contributed by atoms with E-state index in [2.05, 4.69) is 22.5 Å². The van der Waals surface area contributed by atoms with E-state index in [9.17, 15) is 14.4 Å². The van der Waals surface area contributed by atoms with E-state index in [4.69, 9.17) is 0 Å². The van der Waals surface area contributed by atoms with Crippen LogP contribution in [0.2, 0.25) is 0 Å². The molecule has 0 radical (unpaired) electrons. The molecule has 1 spiro atoms. The van der Waals surface area contributed by atoms with Crippen LogP contribution in [0.15, 0.2) is 24.5 Å². The second-order valence-electron chi connectivity index (χ2n) is 8.35. The number of nitrogens with one attached hydrogen (secondary N) is 2. The standard InChI is InChI=1S/C21H29N5O3.ClH/c1-2-15-5-7-21(8-6-15)19(28)26(20(29)24-21)14-18(27)25-11-10-23-13-17(25)16-4-3-9-22-12-16;/h3-4,9,12,15,17,23H,2,5-8,10-11,13-14H2,1H3,(H,24,29);1H. The first-order valence-corrected chi connectivity index (χ1v) is 10.6. The van der Waals surface area contributed by atoms with Crippen molar-refractivity contribution < 1.29 is 14.4 Å². The Bertz CT molecular complexity index is 782. The van der Waals surface area contributed by atoms with Crippen molar-refractivity contribution in [2.45, 2.75) is 50.6 Å². The number of amides is 4. The Balaban J connectivity index is 0.00000256. The van der Waals surface area contributed by atoms with Gasteiger partial charge in [-0.1, -0.05) is 19.4 Å². The molecule has 8 nitrogen and oxygen atoms in total. The molecule has 9 heteroatoms. The molecule has 4 rings (SSSR count). The van der Waals surface area contributed by atoms with Gasteiger partial charge in [0.05, 0.1) is 6.04 Å². The van der Waals surface area contributed by atoms with E-state index < -0.39 is 11.6 Å². The zero-order chi connectivity index (χ0) is 20.4. The molecule has 2 saturated heterocycles. The first kappa shape index (κ1) is 22.5. The Labute approximate surface area is 183 Å². The minimum Gasteiger partial charge on any atom is -0.331 e. The van der Waals surface area contributed by atoms with Crippen molar-refractivity contribution in [3.05, 3.63) is 30.1 Å². The number of halogens is 1. The lowest BCUT2D eigenvalue weighted by Crippen LogP contribution is -2.53. The molecule has 2 N–H and O–H groups in total. The summed E-state index contributed by atoms with van der Waals surface area (Å²) in [5, 5.41) is 6.21. The summed E-state index contributed by atoms with van der Waals surface area (Å²) in [6.45, 7) is 3.80. The fourth-order valence-corrected chi connectivity index (χ4v) is 4.84. The number of aromatic nitrogens is 1. The molecule has 1 aromatic heterocycles. The topological polar surface area (TPSA) is 94.6 Å². The van der Waals surface area contributed by atoms with Crippen molar-refractivity contribution in [3.8, 4) is 0 Å². The smallest absolute Gasteiger partial charge is 0.325 e. The SMILES string of the molecule is CCC1CCC2(CC1)NC(=O)N(CC(=O)N1CCNCC1c1cccnc1)C2=O.Cl. The van der Waals surface area contributed by atoms with Gasteiger partial charge in [-0.2, -0.15) is 0 Å². The maximum atomic E-state index is 13.1. The average molecular weight is 436 g/mol. The van der Waals surface area contributed by atoms with Crippen molar-refractivity contribution in [2.75, 3.05) is 26.2 Å². The van der Waals surface area contributed by atoms with E-state index in [1.54, 1.807) is 17.3 Å². The van der Waals surface area contributed by atoms with Gasteiger partial charge in [0.25, 0.3) is 5.91 Å². The van der Waals surface area contributed by atoms with Crippen LogP contribution in [0.25, 0.3) is 0 Å². The summed E-state index contributed by atoms with van der Waals surface area (Å²) in [4.78, 5) is 45.8. The highest BCUT2D eigenvalue weighted by atomic mass is 35.5. The van der Waals surface area contributed by atoms with E-state index in [-0.39, 0.29) is 36.8 Å². The summed E-state index contributed by atoms with van der Waals surface area (Å²) < 4.78 is 0. The summed E-state index contributed by atoms with van der Waals surface area (Å²) >= 11 is 0. The molecule has 1 aromatic rings. The molecule has 0 aromatic carbocycles. The second-order valence-corrected chi connectivity index (χ2v) is 8.35. The van der Waals surface area contributed by atoms with Gasteiger partial charge in [-0.25, -0.2) is 4.79 Å². The van der Waals surface area contributed by atoms with Gasteiger partial charge in [0.1, 0.15) is 12.1 Å². The molecular weight excluding hydrogens is 406 g/mol. The van der Waals surface area contributed by atoms with Crippen LogP contribution in [0.3, 0.4) is 0 Å². The summed E-state index contributed by atoms with van der Waals surface area (Å²) in [5.74, 6) is 0.170. The van der Waals surface area contributed by atoms with Crippen molar-refractivity contribution in [2.24, 2.45) is 5.92 Å². The third kappa shape index (κ3) is 4.16. The molecule has 1 unspecified atom stereocenters. The van der Waals surface area contributed by atoms with Crippen LogP contribution in [-0.4, -0.2) is 64.3 Å². The van der Waals surface area contributed by atoms with Gasteiger partial charge in [-0.3, -0.25) is 19.5 Å². The van der Waals surface area contributed by atoms with E-state index in [1.807, 2.05) is 12.1 Å².